The summed E-state index contributed by atoms with van der Waals surface area (Å²) in [6, 6.07) is 9.65. The third-order valence-electron chi connectivity index (χ3n) is 3.20. The van der Waals surface area contributed by atoms with Gasteiger partial charge in [-0.05, 0) is 43.5 Å². The molecule has 4 nitrogen and oxygen atoms in total. The Balaban J connectivity index is 2.39. The predicted molar refractivity (Wildman–Crippen MR) is 78.9 cm³/mol. The normalized spacial score (nSPS) is 10.6. The average molecular weight is 272 g/mol. The zero-order valence-electron chi connectivity index (χ0n) is 11.9. The van der Waals surface area contributed by atoms with E-state index in [9.17, 15) is 0 Å². The number of pyridine rings is 1. The van der Waals surface area contributed by atoms with Crippen LogP contribution in [-0.2, 0) is 13.0 Å². The highest BCUT2D eigenvalue weighted by Gasteiger charge is 2.11. The standard InChI is InChI=1S/C16H20N2O2/c1-11-9-12(2)18-16(14(11)10-17)20-15-6-4-3-5-13(15)7-8-19/h3-6,9,19H,7-8,10,17H2,1-2H3. The Hall–Kier alpha value is -1.91. The summed E-state index contributed by atoms with van der Waals surface area (Å²) >= 11 is 0. The lowest BCUT2D eigenvalue weighted by atomic mass is 10.1. The van der Waals surface area contributed by atoms with Crippen LogP contribution < -0.4 is 10.5 Å². The molecular formula is C16H20N2O2. The molecule has 0 unspecified atom stereocenters. The molecule has 0 atom stereocenters. The average Bonchev–Trinajstić information content (AvgIpc) is 2.41. The highest BCUT2D eigenvalue weighted by molar-refractivity contribution is 5.41. The molecule has 2 aromatic rings. The van der Waals surface area contributed by atoms with Gasteiger partial charge in [-0.2, -0.15) is 0 Å². The maximum Gasteiger partial charge on any atom is 0.224 e. The van der Waals surface area contributed by atoms with Crippen molar-refractivity contribution in [1.82, 2.24) is 4.98 Å². The largest absolute Gasteiger partial charge is 0.438 e. The molecule has 0 bridgehead atoms. The van der Waals surface area contributed by atoms with Crippen LogP contribution in [0.1, 0.15) is 22.4 Å². The monoisotopic (exact) mass is 272 g/mol. The van der Waals surface area contributed by atoms with Gasteiger partial charge < -0.3 is 15.6 Å². The van der Waals surface area contributed by atoms with Crippen molar-refractivity contribution >= 4 is 0 Å². The molecule has 0 saturated carbocycles. The summed E-state index contributed by atoms with van der Waals surface area (Å²) in [5.74, 6) is 1.27. The number of aryl methyl sites for hydroxylation is 2. The molecule has 1 aromatic heterocycles. The molecule has 4 heteroatoms. The first kappa shape index (κ1) is 14.5. The van der Waals surface area contributed by atoms with Crippen LogP contribution in [0, 0.1) is 13.8 Å². The number of rotatable bonds is 5. The van der Waals surface area contributed by atoms with E-state index in [0.717, 1.165) is 22.4 Å². The van der Waals surface area contributed by atoms with E-state index in [4.69, 9.17) is 15.6 Å². The summed E-state index contributed by atoms with van der Waals surface area (Å²) in [5, 5.41) is 9.11. The summed E-state index contributed by atoms with van der Waals surface area (Å²) in [6.45, 7) is 4.41. The molecule has 0 fully saturated rings. The lowest BCUT2D eigenvalue weighted by Gasteiger charge is -2.14. The number of nitrogens with two attached hydrogens (primary N) is 1. The van der Waals surface area contributed by atoms with Gasteiger partial charge in [-0.1, -0.05) is 18.2 Å². The fraction of sp³-hybridized carbons (Fsp3) is 0.312. The van der Waals surface area contributed by atoms with Gasteiger partial charge in [0, 0.05) is 24.4 Å². The molecule has 0 spiro atoms. The van der Waals surface area contributed by atoms with E-state index in [2.05, 4.69) is 4.98 Å². The Morgan fingerprint density at radius 2 is 2.00 bits per heavy atom. The van der Waals surface area contributed by atoms with Crippen LogP contribution in [0.15, 0.2) is 30.3 Å². The molecule has 0 aliphatic heterocycles. The first-order chi connectivity index (χ1) is 9.65. The van der Waals surface area contributed by atoms with Gasteiger partial charge in [-0.3, -0.25) is 0 Å². The Labute approximate surface area is 119 Å². The van der Waals surface area contributed by atoms with Crippen molar-refractivity contribution < 1.29 is 9.84 Å². The number of nitrogens with zero attached hydrogens (tertiary/aromatic N) is 1. The topological polar surface area (TPSA) is 68.4 Å². The van der Waals surface area contributed by atoms with Gasteiger partial charge in [0.15, 0.2) is 0 Å². The van der Waals surface area contributed by atoms with Crippen LogP contribution in [0.25, 0.3) is 0 Å². The van der Waals surface area contributed by atoms with E-state index in [0.29, 0.717) is 24.6 Å². The zero-order valence-corrected chi connectivity index (χ0v) is 11.9. The van der Waals surface area contributed by atoms with Crippen molar-refractivity contribution in [2.24, 2.45) is 5.73 Å². The van der Waals surface area contributed by atoms with E-state index in [-0.39, 0.29) is 6.61 Å². The van der Waals surface area contributed by atoms with E-state index < -0.39 is 0 Å². The molecule has 3 N–H and O–H groups in total. The Morgan fingerprint density at radius 3 is 2.70 bits per heavy atom. The molecule has 1 heterocycles. The van der Waals surface area contributed by atoms with Gasteiger partial charge in [0.25, 0.3) is 0 Å². The predicted octanol–water partition coefficient (Wildman–Crippen LogP) is 2.48. The number of ether oxygens (including phenoxy) is 1. The minimum absolute atomic E-state index is 0.0877. The van der Waals surface area contributed by atoms with Crippen LogP contribution in [0.2, 0.25) is 0 Å². The summed E-state index contributed by atoms with van der Waals surface area (Å²) in [5.41, 5.74) is 9.64. The minimum atomic E-state index is 0.0877. The summed E-state index contributed by atoms with van der Waals surface area (Å²) in [4.78, 5) is 4.44. The van der Waals surface area contributed by atoms with Gasteiger partial charge in [-0.25, -0.2) is 4.98 Å². The van der Waals surface area contributed by atoms with Crippen molar-refractivity contribution in [1.29, 1.82) is 0 Å². The quantitative estimate of drug-likeness (QED) is 0.877. The van der Waals surface area contributed by atoms with Gasteiger partial charge in [0.05, 0.1) is 0 Å². The van der Waals surface area contributed by atoms with Crippen LogP contribution in [0.4, 0.5) is 0 Å². The van der Waals surface area contributed by atoms with Gasteiger partial charge in [0.1, 0.15) is 5.75 Å². The van der Waals surface area contributed by atoms with E-state index >= 15 is 0 Å². The van der Waals surface area contributed by atoms with Crippen LogP contribution >= 0.6 is 0 Å². The first-order valence-electron chi connectivity index (χ1n) is 6.69. The van der Waals surface area contributed by atoms with Crippen molar-refractivity contribution in [2.45, 2.75) is 26.8 Å². The van der Waals surface area contributed by atoms with Crippen LogP contribution in [0.3, 0.4) is 0 Å². The molecule has 20 heavy (non-hydrogen) atoms. The van der Waals surface area contributed by atoms with Crippen molar-refractivity contribution in [3.05, 3.63) is 52.7 Å². The number of para-hydroxylation sites is 1. The highest BCUT2D eigenvalue weighted by Crippen LogP contribution is 2.28. The number of benzene rings is 1. The summed E-state index contributed by atoms with van der Waals surface area (Å²) in [7, 11) is 0. The second-order valence-corrected chi connectivity index (χ2v) is 4.75. The smallest absolute Gasteiger partial charge is 0.224 e. The van der Waals surface area contributed by atoms with Crippen molar-refractivity contribution in [2.75, 3.05) is 6.61 Å². The third kappa shape index (κ3) is 3.15. The van der Waals surface area contributed by atoms with Crippen LogP contribution in [-0.4, -0.2) is 16.7 Å². The molecule has 106 valence electrons. The van der Waals surface area contributed by atoms with Gasteiger partial charge >= 0.3 is 0 Å². The molecule has 0 radical (unpaired) electrons. The molecule has 0 amide bonds. The van der Waals surface area contributed by atoms with E-state index in [1.165, 1.54) is 0 Å². The molecule has 0 aliphatic carbocycles. The molecule has 0 saturated heterocycles. The maximum absolute atomic E-state index is 9.11. The second-order valence-electron chi connectivity index (χ2n) is 4.75. The molecule has 0 aliphatic rings. The third-order valence-corrected chi connectivity index (χ3v) is 3.20. The number of aliphatic hydroxyl groups is 1. The fourth-order valence-corrected chi connectivity index (χ4v) is 2.20. The zero-order chi connectivity index (χ0) is 14.5. The van der Waals surface area contributed by atoms with Gasteiger partial charge in [-0.15, -0.1) is 0 Å². The number of hydrogen-bond acceptors (Lipinski definition) is 4. The lowest BCUT2D eigenvalue weighted by molar-refractivity contribution is 0.297. The second kappa shape index (κ2) is 6.50. The number of hydrogen-bond donors (Lipinski definition) is 2. The van der Waals surface area contributed by atoms with E-state index in [1.807, 2.05) is 44.2 Å². The molecule has 2 rings (SSSR count). The fourth-order valence-electron chi connectivity index (χ4n) is 2.20. The SMILES string of the molecule is Cc1cc(C)c(CN)c(Oc2ccccc2CCO)n1. The molecule has 1 aromatic carbocycles. The Kier molecular flexibility index (Phi) is 4.71. The molecular weight excluding hydrogens is 252 g/mol. The number of aromatic nitrogens is 1. The van der Waals surface area contributed by atoms with Crippen molar-refractivity contribution in [3.63, 3.8) is 0 Å². The van der Waals surface area contributed by atoms with Gasteiger partial charge in [0.2, 0.25) is 5.88 Å². The van der Waals surface area contributed by atoms with Crippen LogP contribution in [0.5, 0.6) is 11.6 Å². The van der Waals surface area contributed by atoms with E-state index in [1.54, 1.807) is 0 Å². The Morgan fingerprint density at radius 1 is 1.25 bits per heavy atom. The summed E-state index contributed by atoms with van der Waals surface area (Å²) < 4.78 is 5.94. The number of aliphatic hydroxyl groups excluding tert-OH is 1. The maximum atomic E-state index is 9.11. The highest BCUT2D eigenvalue weighted by atomic mass is 16.5. The Bertz CT molecular complexity index is 597. The summed E-state index contributed by atoms with van der Waals surface area (Å²) in [6.07, 6.45) is 0.554. The minimum Gasteiger partial charge on any atom is -0.438 e. The van der Waals surface area contributed by atoms with Crippen molar-refractivity contribution in [3.8, 4) is 11.6 Å². The first-order valence-corrected chi connectivity index (χ1v) is 6.69. The lowest BCUT2D eigenvalue weighted by Crippen LogP contribution is -2.06.